The van der Waals surface area contributed by atoms with Gasteiger partial charge in [0.2, 0.25) is 0 Å². The summed E-state index contributed by atoms with van der Waals surface area (Å²) in [6, 6.07) is 3.16. The molecule has 0 aromatic heterocycles. The summed E-state index contributed by atoms with van der Waals surface area (Å²) in [6.45, 7) is 3.78. The molecule has 1 atom stereocenters. The van der Waals surface area contributed by atoms with Gasteiger partial charge in [0.25, 0.3) is 11.8 Å². The highest BCUT2D eigenvalue weighted by molar-refractivity contribution is 6.32. The fraction of sp³-hybridized carbons (Fsp3) is 0.467. The van der Waals surface area contributed by atoms with Gasteiger partial charge < -0.3 is 25.4 Å². The number of nitrogens with zero attached hydrogens (tertiary/aromatic N) is 1. The van der Waals surface area contributed by atoms with E-state index < -0.39 is 5.91 Å². The minimum atomic E-state index is -0.627. The third-order valence-corrected chi connectivity index (χ3v) is 3.88. The van der Waals surface area contributed by atoms with Crippen LogP contribution in [0.15, 0.2) is 12.1 Å². The Hall–Kier alpha value is -1.99. The summed E-state index contributed by atoms with van der Waals surface area (Å²) in [6.07, 6.45) is 0. The van der Waals surface area contributed by atoms with Crippen molar-refractivity contribution in [3.8, 4) is 11.5 Å². The van der Waals surface area contributed by atoms with Crippen molar-refractivity contribution in [2.45, 2.75) is 13.0 Å². The summed E-state index contributed by atoms with van der Waals surface area (Å²) >= 11 is 6.18. The Labute approximate surface area is 139 Å². The second-order valence-corrected chi connectivity index (χ2v) is 5.70. The van der Waals surface area contributed by atoms with E-state index in [1.165, 1.54) is 13.2 Å². The molecule has 0 bridgehead atoms. The number of methoxy groups -OCH3 is 1. The number of nitrogens with two attached hydrogens (primary N) is 1. The molecule has 0 saturated carbocycles. The summed E-state index contributed by atoms with van der Waals surface area (Å²) in [5.74, 6) is -0.277. The minimum absolute atomic E-state index is 0.0896. The molecular weight excluding hydrogens is 322 g/mol. The van der Waals surface area contributed by atoms with Crippen LogP contribution in [0.25, 0.3) is 0 Å². The van der Waals surface area contributed by atoms with Gasteiger partial charge in [0.05, 0.1) is 12.1 Å². The first-order valence-corrected chi connectivity index (χ1v) is 7.62. The predicted molar refractivity (Wildman–Crippen MR) is 86.1 cm³/mol. The van der Waals surface area contributed by atoms with Crippen LogP contribution in [0.1, 0.15) is 17.3 Å². The maximum atomic E-state index is 12.7. The molecule has 1 aliphatic rings. The average molecular weight is 342 g/mol. The van der Waals surface area contributed by atoms with Crippen molar-refractivity contribution < 1.29 is 19.1 Å². The van der Waals surface area contributed by atoms with Crippen molar-refractivity contribution in [1.29, 1.82) is 0 Å². The first-order valence-electron chi connectivity index (χ1n) is 7.24. The molecule has 1 unspecified atom stereocenters. The quantitative estimate of drug-likeness (QED) is 0.820. The number of benzene rings is 1. The third-order valence-electron chi connectivity index (χ3n) is 3.60. The monoisotopic (exact) mass is 341 g/mol. The van der Waals surface area contributed by atoms with Gasteiger partial charge in [0.15, 0.2) is 18.1 Å². The number of primary amides is 1. The Morgan fingerprint density at radius 1 is 1.48 bits per heavy atom. The lowest BCUT2D eigenvalue weighted by molar-refractivity contribution is -0.119. The molecule has 2 rings (SSSR count). The number of halogens is 1. The summed E-state index contributed by atoms with van der Waals surface area (Å²) < 4.78 is 10.5. The fourth-order valence-electron chi connectivity index (χ4n) is 2.44. The number of hydrogen-bond acceptors (Lipinski definition) is 5. The van der Waals surface area contributed by atoms with E-state index in [0.717, 1.165) is 13.1 Å². The molecule has 23 heavy (non-hydrogen) atoms. The van der Waals surface area contributed by atoms with Crippen molar-refractivity contribution in [1.82, 2.24) is 10.2 Å². The van der Waals surface area contributed by atoms with Crippen molar-refractivity contribution in [2.24, 2.45) is 5.73 Å². The van der Waals surface area contributed by atoms with Crippen LogP contribution in [-0.2, 0) is 4.79 Å². The molecule has 3 N–H and O–H groups in total. The van der Waals surface area contributed by atoms with E-state index in [4.69, 9.17) is 26.8 Å². The highest BCUT2D eigenvalue weighted by atomic mass is 35.5. The highest BCUT2D eigenvalue weighted by Gasteiger charge is 2.26. The summed E-state index contributed by atoms with van der Waals surface area (Å²) in [7, 11) is 1.44. The van der Waals surface area contributed by atoms with E-state index in [2.05, 4.69) is 5.32 Å². The van der Waals surface area contributed by atoms with Crippen molar-refractivity contribution in [3.05, 3.63) is 22.7 Å². The van der Waals surface area contributed by atoms with E-state index >= 15 is 0 Å². The van der Waals surface area contributed by atoms with Gasteiger partial charge in [-0.1, -0.05) is 11.6 Å². The van der Waals surface area contributed by atoms with Crippen LogP contribution in [0.4, 0.5) is 0 Å². The average Bonchev–Trinajstić information content (AvgIpc) is 2.52. The number of carbonyl (C=O) groups is 2. The van der Waals surface area contributed by atoms with Crippen LogP contribution in [0, 0.1) is 0 Å². The molecule has 0 radical (unpaired) electrons. The first-order chi connectivity index (χ1) is 10.9. The van der Waals surface area contributed by atoms with Crippen molar-refractivity contribution in [3.63, 3.8) is 0 Å². The van der Waals surface area contributed by atoms with Crippen molar-refractivity contribution >= 4 is 23.4 Å². The zero-order valence-electron chi connectivity index (χ0n) is 13.1. The van der Waals surface area contributed by atoms with E-state index in [9.17, 15) is 9.59 Å². The molecule has 0 spiro atoms. The number of hydrogen-bond donors (Lipinski definition) is 2. The number of nitrogens with one attached hydrogen (secondary N) is 1. The van der Waals surface area contributed by atoms with Gasteiger partial charge in [-0.15, -0.1) is 0 Å². The molecule has 7 nitrogen and oxygen atoms in total. The maximum Gasteiger partial charge on any atom is 0.255 e. The Morgan fingerprint density at radius 2 is 2.22 bits per heavy atom. The lowest BCUT2D eigenvalue weighted by Gasteiger charge is -2.34. The lowest BCUT2D eigenvalue weighted by atomic mass is 10.1. The van der Waals surface area contributed by atoms with Crippen LogP contribution < -0.4 is 20.5 Å². The predicted octanol–water partition coefficient (Wildman–Crippen LogP) is 0.647. The van der Waals surface area contributed by atoms with Crippen LogP contribution in [0.2, 0.25) is 5.02 Å². The highest BCUT2D eigenvalue weighted by Crippen LogP contribution is 2.36. The van der Waals surface area contributed by atoms with Crippen LogP contribution in [0.5, 0.6) is 11.5 Å². The molecule has 1 saturated heterocycles. The molecule has 1 aromatic carbocycles. The summed E-state index contributed by atoms with van der Waals surface area (Å²) in [5.41, 5.74) is 5.47. The van der Waals surface area contributed by atoms with Gasteiger partial charge in [-0.05, 0) is 19.1 Å². The van der Waals surface area contributed by atoms with Crippen LogP contribution in [0.3, 0.4) is 0 Å². The Bertz CT molecular complexity index is 609. The second-order valence-electron chi connectivity index (χ2n) is 5.30. The summed E-state index contributed by atoms with van der Waals surface area (Å²) in [5, 5.41) is 3.42. The van der Waals surface area contributed by atoms with E-state index in [0.29, 0.717) is 12.1 Å². The molecule has 0 aliphatic carbocycles. The van der Waals surface area contributed by atoms with Gasteiger partial charge in [-0.2, -0.15) is 0 Å². The Morgan fingerprint density at radius 3 is 2.83 bits per heavy atom. The third kappa shape index (κ3) is 4.05. The molecule has 126 valence electrons. The second kappa shape index (κ2) is 7.52. The van der Waals surface area contributed by atoms with Gasteiger partial charge in [-0.3, -0.25) is 9.59 Å². The molecule has 1 fully saturated rings. The maximum absolute atomic E-state index is 12.7. The standard InChI is InChI=1S/C15H20ClN3O4/c1-9-7-18-3-4-19(9)15(21)10-5-11(16)14(12(6-10)22-2)23-8-13(17)20/h5-6,9,18H,3-4,7-8H2,1-2H3,(H2,17,20). The van der Waals surface area contributed by atoms with Gasteiger partial charge >= 0.3 is 0 Å². The number of piperazine rings is 1. The molecule has 1 aromatic rings. The normalized spacial score (nSPS) is 17.7. The molecule has 8 heteroatoms. The van der Waals surface area contributed by atoms with E-state index in [1.54, 1.807) is 11.0 Å². The molecule has 1 heterocycles. The Kier molecular flexibility index (Phi) is 5.68. The van der Waals surface area contributed by atoms with Crippen LogP contribution in [-0.4, -0.2) is 56.1 Å². The Balaban J connectivity index is 2.27. The zero-order valence-corrected chi connectivity index (χ0v) is 13.9. The minimum Gasteiger partial charge on any atom is -0.493 e. The largest absolute Gasteiger partial charge is 0.493 e. The molecule has 2 amide bonds. The van der Waals surface area contributed by atoms with Gasteiger partial charge in [0, 0.05) is 31.2 Å². The van der Waals surface area contributed by atoms with Gasteiger partial charge in [-0.25, -0.2) is 0 Å². The van der Waals surface area contributed by atoms with Gasteiger partial charge in [0.1, 0.15) is 0 Å². The van der Waals surface area contributed by atoms with E-state index in [-0.39, 0.29) is 35.1 Å². The van der Waals surface area contributed by atoms with Crippen LogP contribution >= 0.6 is 11.6 Å². The van der Waals surface area contributed by atoms with Crippen molar-refractivity contribution in [2.75, 3.05) is 33.4 Å². The SMILES string of the molecule is COc1cc(C(=O)N2CCNCC2C)cc(Cl)c1OCC(N)=O. The summed E-state index contributed by atoms with van der Waals surface area (Å²) in [4.78, 5) is 25.3. The zero-order chi connectivity index (χ0) is 17.0. The number of ether oxygens (including phenoxy) is 2. The fourth-order valence-corrected chi connectivity index (χ4v) is 2.70. The molecular formula is C15H20ClN3O4. The molecule has 1 aliphatic heterocycles. The number of rotatable bonds is 5. The lowest BCUT2D eigenvalue weighted by Crippen LogP contribution is -2.52. The first kappa shape index (κ1) is 17.4. The van der Waals surface area contributed by atoms with E-state index in [1.807, 2.05) is 6.92 Å². The smallest absolute Gasteiger partial charge is 0.255 e. The number of amides is 2. The number of carbonyl (C=O) groups excluding carboxylic acids is 2. The topological polar surface area (TPSA) is 93.9 Å².